The van der Waals surface area contributed by atoms with Crippen LogP contribution in [0.25, 0.3) is 0 Å². The first-order valence-corrected chi connectivity index (χ1v) is 5.83. The van der Waals surface area contributed by atoms with E-state index in [4.69, 9.17) is 4.74 Å². The Labute approximate surface area is 100 Å². The van der Waals surface area contributed by atoms with E-state index in [1.54, 1.807) is 0 Å². The normalized spacial score (nSPS) is 22.6. The first-order chi connectivity index (χ1) is 8.28. The van der Waals surface area contributed by atoms with Gasteiger partial charge in [-0.3, -0.25) is 0 Å². The summed E-state index contributed by atoms with van der Waals surface area (Å²) < 4.78 is 5.76. The van der Waals surface area contributed by atoms with Crippen molar-refractivity contribution in [3.63, 3.8) is 0 Å². The van der Waals surface area contributed by atoms with E-state index in [1.165, 1.54) is 0 Å². The van der Waals surface area contributed by atoms with Crippen molar-refractivity contribution in [1.82, 2.24) is 0 Å². The highest BCUT2D eigenvalue weighted by molar-refractivity contribution is 5.37. The van der Waals surface area contributed by atoms with Crippen LogP contribution in [0.3, 0.4) is 0 Å². The van der Waals surface area contributed by atoms with Crippen molar-refractivity contribution in [2.75, 3.05) is 0 Å². The molecule has 0 aromatic heterocycles. The molecule has 0 bridgehead atoms. The average Bonchev–Trinajstić information content (AvgIpc) is 2.40. The SMILES string of the molecule is O[C@@]1(c2ccccc2)CCc2ccccc2O1. The van der Waals surface area contributed by atoms with Crippen LogP contribution in [0.4, 0.5) is 0 Å². The molecule has 86 valence electrons. The van der Waals surface area contributed by atoms with Crippen molar-refractivity contribution in [1.29, 1.82) is 0 Å². The van der Waals surface area contributed by atoms with Crippen LogP contribution in [-0.2, 0) is 12.2 Å². The highest BCUT2D eigenvalue weighted by Gasteiger charge is 2.35. The third-order valence-electron chi connectivity index (χ3n) is 3.21. The van der Waals surface area contributed by atoms with Gasteiger partial charge in [-0.05, 0) is 18.1 Å². The zero-order valence-corrected chi connectivity index (χ0v) is 9.47. The maximum absolute atomic E-state index is 10.6. The van der Waals surface area contributed by atoms with Crippen molar-refractivity contribution < 1.29 is 9.84 Å². The topological polar surface area (TPSA) is 29.5 Å². The lowest BCUT2D eigenvalue weighted by atomic mass is 9.94. The van der Waals surface area contributed by atoms with E-state index in [1.807, 2.05) is 54.6 Å². The molecule has 0 saturated heterocycles. The van der Waals surface area contributed by atoms with Crippen LogP contribution in [-0.4, -0.2) is 5.11 Å². The minimum Gasteiger partial charge on any atom is -0.458 e. The summed E-state index contributed by atoms with van der Waals surface area (Å²) in [4.78, 5) is 0. The highest BCUT2D eigenvalue weighted by atomic mass is 16.6. The van der Waals surface area contributed by atoms with Gasteiger partial charge in [0, 0.05) is 12.0 Å². The number of aryl methyl sites for hydroxylation is 1. The number of rotatable bonds is 1. The smallest absolute Gasteiger partial charge is 0.235 e. The van der Waals surface area contributed by atoms with Crippen LogP contribution in [0.2, 0.25) is 0 Å². The van der Waals surface area contributed by atoms with Gasteiger partial charge >= 0.3 is 0 Å². The monoisotopic (exact) mass is 226 g/mol. The van der Waals surface area contributed by atoms with Crippen LogP contribution < -0.4 is 4.74 Å². The molecule has 0 amide bonds. The molecule has 1 aliphatic heterocycles. The van der Waals surface area contributed by atoms with Gasteiger partial charge in [-0.25, -0.2) is 0 Å². The van der Waals surface area contributed by atoms with E-state index in [-0.39, 0.29) is 0 Å². The molecule has 1 heterocycles. The molecule has 0 radical (unpaired) electrons. The first-order valence-electron chi connectivity index (χ1n) is 5.83. The summed E-state index contributed by atoms with van der Waals surface area (Å²) in [5.41, 5.74) is 1.97. The second kappa shape index (κ2) is 3.90. The molecule has 0 spiro atoms. The molecule has 0 aliphatic carbocycles. The molecular formula is C15H14O2. The Morgan fingerprint density at radius 2 is 1.65 bits per heavy atom. The minimum absolute atomic E-state index is 0.591. The third-order valence-corrected chi connectivity index (χ3v) is 3.21. The quantitative estimate of drug-likeness (QED) is 0.810. The van der Waals surface area contributed by atoms with E-state index in [0.717, 1.165) is 23.3 Å². The molecule has 2 aromatic rings. The van der Waals surface area contributed by atoms with E-state index >= 15 is 0 Å². The molecule has 2 heteroatoms. The van der Waals surface area contributed by atoms with Crippen LogP contribution in [0, 0.1) is 0 Å². The van der Waals surface area contributed by atoms with Crippen LogP contribution in [0.1, 0.15) is 17.5 Å². The summed E-state index contributed by atoms with van der Waals surface area (Å²) in [6.45, 7) is 0. The van der Waals surface area contributed by atoms with E-state index in [2.05, 4.69) is 0 Å². The molecule has 1 aliphatic rings. The molecule has 2 aromatic carbocycles. The summed E-state index contributed by atoms with van der Waals surface area (Å²) in [7, 11) is 0. The van der Waals surface area contributed by atoms with Crippen LogP contribution in [0.15, 0.2) is 54.6 Å². The maximum atomic E-state index is 10.6. The fourth-order valence-electron chi connectivity index (χ4n) is 2.25. The fourth-order valence-corrected chi connectivity index (χ4v) is 2.25. The standard InChI is InChI=1S/C15H14O2/c16-15(13-7-2-1-3-8-13)11-10-12-6-4-5-9-14(12)17-15/h1-9,16H,10-11H2/t15-/m0/s1. The summed E-state index contributed by atoms with van der Waals surface area (Å²) in [5.74, 6) is -0.402. The van der Waals surface area contributed by atoms with Gasteiger partial charge < -0.3 is 9.84 Å². The molecule has 17 heavy (non-hydrogen) atoms. The van der Waals surface area contributed by atoms with E-state index in [0.29, 0.717) is 6.42 Å². The number of aliphatic hydroxyl groups is 1. The molecule has 0 unspecified atom stereocenters. The maximum Gasteiger partial charge on any atom is 0.235 e. The predicted octanol–water partition coefficient (Wildman–Crippen LogP) is 2.86. The van der Waals surface area contributed by atoms with E-state index < -0.39 is 5.79 Å². The number of benzene rings is 2. The van der Waals surface area contributed by atoms with Gasteiger partial charge in [0.1, 0.15) is 5.75 Å². The number of para-hydroxylation sites is 1. The molecule has 1 N–H and O–H groups in total. The Balaban J connectivity index is 1.98. The average molecular weight is 226 g/mol. The molecule has 3 rings (SSSR count). The summed E-state index contributed by atoms with van der Waals surface area (Å²) in [6.07, 6.45) is 1.43. The largest absolute Gasteiger partial charge is 0.458 e. The first kappa shape index (κ1) is 10.4. The number of hydrogen-bond acceptors (Lipinski definition) is 2. The van der Waals surface area contributed by atoms with E-state index in [9.17, 15) is 5.11 Å². The number of ether oxygens (including phenoxy) is 1. The Morgan fingerprint density at radius 3 is 2.47 bits per heavy atom. The molecular weight excluding hydrogens is 212 g/mol. The van der Waals surface area contributed by atoms with Gasteiger partial charge in [0.15, 0.2) is 0 Å². The van der Waals surface area contributed by atoms with Gasteiger partial charge in [-0.1, -0.05) is 48.5 Å². The van der Waals surface area contributed by atoms with Gasteiger partial charge in [0.05, 0.1) is 0 Å². The summed E-state index contributed by atoms with van der Waals surface area (Å²) in [5, 5.41) is 10.6. The molecule has 2 nitrogen and oxygen atoms in total. The second-order valence-electron chi connectivity index (χ2n) is 4.36. The lowest BCUT2D eigenvalue weighted by molar-refractivity contribution is -0.158. The minimum atomic E-state index is -1.18. The zero-order chi connectivity index (χ0) is 11.7. The van der Waals surface area contributed by atoms with Gasteiger partial charge in [0.25, 0.3) is 0 Å². The Hall–Kier alpha value is -1.80. The summed E-state index contributed by atoms with van der Waals surface area (Å²) >= 11 is 0. The lowest BCUT2D eigenvalue weighted by Crippen LogP contribution is -2.36. The van der Waals surface area contributed by atoms with Crippen molar-refractivity contribution in [2.45, 2.75) is 18.6 Å². The van der Waals surface area contributed by atoms with Crippen molar-refractivity contribution in [3.8, 4) is 5.75 Å². The van der Waals surface area contributed by atoms with Crippen molar-refractivity contribution >= 4 is 0 Å². The predicted molar refractivity (Wildman–Crippen MR) is 65.7 cm³/mol. The van der Waals surface area contributed by atoms with Gasteiger partial charge in [-0.2, -0.15) is 0 Å². The third kappa shape index (κ3) is 1.81. The zero-order valence-electron chi connectivity index (χ0n) is 9.47. The number of hydrogen-bond donors (Lipinski definition) is 1. The fraction of sp³-hybridized carbons (Fsp3) is 0.200. The Bertz CT molecular complexity index is 521. The number of fused-ring (bicyclic) bond motifs is 1. The van der Waals surface area contributed by atoms with Gasteiger partial charge in [0.2, 0.25) is 5.79 Å². The molecule has 0 saturated carbocycles. The lowest BCUT2D eigenvalue weighted by Gasteiger charge is -2.34. The van der Waals surface area contributed by atoms with Gasteiger partial charge in [-0.15, -0.1) is 0 Å². The van der Waals surface area contributed by atoms with Crippen molar-refractivity contribution in [3.05, 3.63) is 65.7 Å². The Kier molecular flexibility index (Phi) is 2.37. The summed E-state index contributed by atoms with van der Waals surface area (Å²) in [6, 6.07) is 17.4. The Morgan fingerprint density at radius 1 is 0.941 bits per heavy atom. The van der Waals surface area contributed by atoms with Crippen LogP contribution >= 0.6 is 0 Å². The molecule has 0 fully saturated rings. The molecule has 1 atom stereocenters. The second-order valence-corrected chi connectivity index (χ2v) is 4.36. The van der Waals surface area contributed by atoms with Crippen molar-refractivity contribution in [2.24, 2.45) is 0 Å². The highest BCUT2D eigenvalue weighted by Crippen LogP contribution is 2.37. The van der Waals surface area contributed by atoms with Crippen LogP contribution in [0.5, 0.6) is 5.75 Å².